The maximum atomic E-state index is 12.4. The molecule has 0 saturated carbocycles. The van der Waals surface area contributed by atoms with E-state index in [1.807, 2.05) is 6.92 Å². The minimum Gasteiger partial charge on any atom is -0.466 e. The topological polar surface area (TPSA) is 52.6 Å². The van der Waals surface area contributed by atoms with Crippen molar-refractivity contribution in [1.82, 2.24) is 0 Å². The third-order valence-corrected chi connectivity index (χ3v) is 7.12. The highest BCUT2D eigenvalue weighted by Crippen LogP contribution is 2.17. The van der Waals surface area contributed by atoms with E-state index in [0.29, 0.717) is 32.5 Å². The van der Waals surface area contributed by atoms with Gasteiger partial charge in [0.2, 0.25) is 0 Å². The van der Waals surface area contributed by atoms with Crippen molar-refractivity contribution in [1.29, 1.82) is 0 Å². The smallest absolute Gasteiger partial charge is 0.308 e. The lowest BCUT2D eigenvalue weighted by Gasteiger charge is -2.14. The number of unbranched alkanes of at least 4 members (excludes halogenated alkanes) is 12. The molecule has 0 amide bonds. The van der Waals surface area contributed by atoms with Crippen LogP contribution in [0.3, 0.4) is 0 Å². The van der Waals surface area contributed by atoms with Crippen molar-refractivity contribution in [2.24, 2.45) is 17.8 Å². The average Bonchev–Trinajstić information content (AvgIpc) is 2.83. The van der Waals surface area contributed by atoms with E-state index in [1.54, 1.807) is 0 Å². The first-order chi connectivity index (χ1) is 17.4. The van der Waals surface area contributed by atoms with Gasteiger partial charge in [0, 0.05) is 6.42 Å². The zero-order valence-corrected chi connectivity index (χ0v) is 24.9. The lowest BCUT2D eigenvalue weighted by Crippen LogP contribution is -2.18. The maximum Gasteiger partial charge on any atom is 0.308 e. The second-order valence-electron chi connectivity index (χ2n) is 11.7. The van der Waals surface area contributed by atoms with Crippen LogP contribution in [0, 0.1) is 17.8 Å². The molecule has 0 aromatic carbocycles. The fourth-order valence-electron chi connectivity index (χ4n) is 4.61. The summed E-state index contributed by atoms with van der Waals surface area (Å²) in [6.07, 6.45) is 22.5. The van der Waals surface area contributed by atoms with Gasteiger partial charge in [0.25, 0.3) is 0 Å². The Hall–Kier alpha value is -1.06. The van der Waals surface area contributed by atoms with Crippen molar-refractivity contribution in [2.45, 2.75) is 163 Å². The molecular weight excluding hydrogens is 448 g/mol. The predicted molar refractivity (Wildman–Crippen MR) is 153 cm³/mol. The van der Waals surface area contributed by atoms with Crippen molar-refractivity contribution in [3.8, 4) is 0 Å². The predicted octanol–water partition coefficient (Wildman–Crippen LogP) is 9.82. The zero-order valence-electron chi connectivity index (χ0n) is 24.9. The van der Waals surface area contributed by atoms with Crippen LogP contribution in [0.4, 0.5) is 0 Å². The zero-order chi connectivity index (χ0) is 26.9. The second kappa shape index (κ2) is 25.6. The third kappa shape index (κ3) is 24.6. The molecule has 36 heavy (non-hydrogen) atoms. The number of hydrogen-bond donors (Lipinski definition) is 0. The monoisotopic (exact) mass is 510 g/mol. The van der Waals surface area contributed by atoms with Gasteiger partial charge in [0.05, 0.1) is 19.1 Å². The Kier molecular flexibility index (Phi) is 24.8. The van der Waals surface area contributed by atoms with Crippen molar-refractivity contribution in [2.75, 3.05) is 13.2 Å². The summed E-state index contributed by atoms with van der Waals surface area (Å²) < 4.78 is 10.9. The standard InChI is InChI=1S/C32H62O4/c1-6-30(32(34)36-27-20-16-12-8-10-14-18-23-29(4)5)24-21-25-31(33)35-26-19-15-11-7-9-13-17-22-28(2)3/h28-30H,6-27H2,1-5H3. The number of esters is 2. The highest BCUT2D eigenvalue weighted by Gasteiger charge is 2.18. The Bertz CT molecular complexity index is 500. The molecule has 0 fully saturated rings. The van der Waals surface area contributed by atoms with Crippen LogP contribution < -0.4 is 0 Å². The van der Waals surface area contributed by atoms with Crippen molar-refractivity contribution in [3.05, 3.63) is 0 Å². The molecule has 0 aromatic rings. The molecule has 1 unspecified atom stereocenters. The summed E-state index contributed by atoms with van der Waals surface area (Å²) >= 11 is 0. The van der Waals surface area contributed by atoms with E-state index < -0.39 is 0 Å². The van der Waals surface area contributed by atoms with Crippen LogP contribution in [0.25, 0.3) is 0 Å². The highest BCUT2D eigenvalue weighted by molar-refractivity contribution is 5.72. The van der Waals surface area contributed by atoms with Crippen molar-refractivity contribution in [3.63, 3.8) is 0 Å². The molecule has 0 saturated heterocycles. The fourth-order valence-corrected chi connectivity index (χ4v) is 4.61. The van der Waals surface area contributed by atoms with Gasteiger partial charge in [-0.2, -0.15) is 0 Å². The SMILES string of the molecule is CCC(CCCC(=O)OCCCCCCCCCC(C)C)C(=O)OCCCCCCCCCC(C)C. The summed E-state index contributed by atoms with van der Waals surface area (Å²) in [5.74, 6) is 1.32. The van der Waals surface area contributed by atoms with Crippen LogP contribution in [-0.4, -0.2) is 25.2 Å². The molecule has 0 aromatic heterocycles. The van der Waals surface area contributed by atoms with Gasteiger partial charge in [-0.05, 0) is 43.9 Å². The Morgan fingerprint density at radius 1 is 0.528 bits per heavy atom. The molecule has 0 bridgehead atoms. The molecule has 0 radical (unpaired) electrons. The number of carbonyl (C=O) groups is 2. The van der Waals surface area contributed by atoms with Crippen LogP contribution >= 0.6 is 0 Å². The molecule has 0 heterocycles. The van der Waals surface area contributed by atoms with Crippen LogP contribution in [-0.2, 0) is 19.1 Å². The van der Waals surface area contributed by atoms with Gasteiger partial charge < -0.3 is 9.47 Å². The largest absolute Gasteiger partial charge is 0.466 e. The summed E-state index contributed by atoms with van der Waals surface area (Å²) in [7, 11) is 0. The van der Waals surface area contributed by atoms with E-state index in [1.165, 1.54) is 77.0 Å². The Labute approximate surface area is 225 Å². The summed E-state index contributed by atoms with van der Waals surface area (Å²) in [6, 6.07) is 0. The molecule has 0 spiro atoms. The van der Waals surface area contributed by atoms with Crippen LogP contribution in [0.2, 0.25) is 0 Å². The van der Waals surface area contributed by atoms with E-state index in [-0.39, 0.29) is 17.9 Å². The molecule has 0 aliphatic heterocycles. The molecular formula is C32H62O4. The first-order valence-corrected chi connectivity index (χ1v) is 15.7. The average molecular weight is 511 g/mol. The van der Waals surface area contributed by atoms with Gasteiger partial charge in [0.15, 0.2) is 0 Å². The van der Waals surface area contributed by atoms with Gasteiger partial charge in [-0.1, -0.05) is 125 Å². The van der Waals surface area contributed by atoms with Gasteiger partial charge in [-0.25, -0.2) is 0 Å². The normalized spacial score (nSPS) is 12.3. The van der Waals surface area contributed by atoms with Gasteiger partial charge >= 0.3 is 11.9 Å². The molecule has 0 aliphatic rings. The highest BCUT2D eigenvalue weighted by atomic mass is 16.5. The second-order valence-corrected chi connectivity index (χ2v) is 11.7. The molecule has 4 heteroatoms. The first kappa shape index (κ1) is 34.9. The lowest BCUT2D eigenvalue weighted by atomic mass is 9.99. The fraction of sp³-hybridized carbons (Fsp3) is 0.938. The number of rotatable bonds is 26. The minimum absolute atomic E-state index is 0.0937. The Morgan fingerprint density at radius 2 is 0.944 bits per heavy atom. The summed E-state index contributed by atoms with van der Waals surface area (Å²) in [5.41, 5.74) is 0. The molecule has 0 aliphatic carbocycles. The van der Waals surface area contributed by atoms with E-state index >= 15 is 0 Å². The van der Waals surface area contributed by atoms with Crippen molar-refractivity contribution >= 4 is 11.9 Å². The van der Waals surface area contributed by atoms with Crippen molar-refractivity contribution < 1.29 is 19.1 Å². The summed E-state index contributed by atoms with van der Waals surface area (Å²) in [5, 5.41) is 0. The summed E-state index contributed by atoms with van der Waals surface area (Å²) in [4.78, 5) is 24.4. The van der Waals surface area contributed by atoms with E-state index in [2.05, 4.69) is 27.7 Å². The van der Waals surface area contributed by atoms with Gasteiger partial charge in [-0.15, -0.1) is 0 Å². The van der Waals surface area contributed by atoms with Crippen LogP contribution in [0.15, 0.2) is 0 Å². The number of carbonyl (C=O) groups excluding carboxylic acids is 2. The molecule has 0 rings (SSSR count). The Morgan fingerprint density at radius 3 is 1.39 bits per heavy atom. The Balaban J connectivity index is 3.59. The first-order valence-electron chi connectivity index (χ1n) is 15.7. The van der Waals surface area contributed by atoms with Gasteiger partial charge in [-0.3, -0.25) is 9.59 Å². The third-order valence-electron chi connectivity index (χ3n) is 7.12. The maximum absolute atomic E-state index is 12.4. The van der Waals surface area contributed by atoms with E-state index in [0.717, 1.165) is 43.9 Å². The van der Waals surface area contributed by atoms with Crippen LogP contribution in [0.1, 0.15) is 163 Å². The van der Waals surface area contributed by atoms with Gasteiger partial charge in [0.1, 0.15) is 0 Å². The minimum atomic E-state index is -0.129. The van der Waals surface area contributed by atoms with E-state index in [9.17, 15) is 9.59 Å². The number of hydrogen-bond acceptors (Lipinski definition) is 4. The molecule has 0 N–H and O–H groups in total. The number of ether oxygens (including phenoxy) is 2. The lowest BCUT2D eigenvalue weighted by molar-refractivity contribution is -0.150. The van der Waals surface area contributed by atoms with E-state index in [4.69, 9.17) is 9.47 Å². The summed E-state index contributed by atoms with van der Waals surface area (Å²) in [6.45, 7) is 12.2. The molecule has 1 atom stereocenters. The molecule has 4 nitrogen and oxygen atoms in total. The molecule has 214 valence electrons. The van der Waals surface area contributed by atoms with Crippen LogP contribution in [0.5, 0.6) is 0 Å². The quantitative estimate of drug-likeness (QED) is 0.0858.